The van der Waals surface area contributed by atoms with E-state index in [0.717, 1.165) is 0 Å². The van der Waals surface area contributed by atoms with Crippen molar-refractivity contribution >= 4 is 38.8 Å². The predicted molar refractivity (Wildman–Crippen MR) is 129 cm³/mol. The molecule has 1 aromatic carbocycles. The van der Waals surface area contributed by atoms with Gasteiger partial charge < -0.3 is 19.6 Å². The number of likely N-dealkylation sites (N-methyl/N-ethyl adjacent to an activating group) is 1. The van der Waals surface area contributed by atoms with Crippen LogP contribution in [0.2, 0.25) is 0 Å². The topological polar surface area (TPSA) is 145 Å². The van der Waals surface area contributed by atoms with Gasteiger partial charge in [0.2, 0.25) is 15.9 Å². The second-order valence-corrected chi connectivity index (χ2v) is 9.91. The summed E-state index contributed by atoms with van der Waals surface area (Å²) in [5.74, 6) is -0.172. The molecule has 0 saturated carbocycles. The number of thiazole rings is 1. The molecule has 3 rings (SSSR count). The number of anilines is 1. The Labute approximate surface area is 206 Å². The molecule has 35 heavy (non-hydrogen) atoms. The molecule has 2 heterocycles. The van der Waals surface area contributed by atoms with E-state index in [9.17, 15) is 13.2 Å². The van der Waals surface area contributed by atoms with Crippen molar-refractivity contribution < 1.29 is 27.5 Å². The van der Waals surface area contributed by atoms with E-state index in [1.807, 2.05) is 0 Å². The Hall–Kier alpha value is -3.46. The van der Waals surface area contributed by atoms with Crippen LogP contribution in [0.4, 0.5) is 5.82 Å². The maximum atomic E-state index is 13.0. The Morgan fingerprint density at radius 1 is 1.14 bits per heavy atom. The third-order valence-electron chi connectivity index (χ3n) is 4.57. The van der Waals surface area contributed by atoms with E-state index in [1.54, 1.807) is 11.6 Å². The first-order chi connectivity index (χ1) is 16.8. The number of nitrogens with one attached hydrogen (secondary N) is 1. The lowest BCUT2D eigenvalue weighted by atomic mass is 10.1. The molecule has 1 amide bonds. The molecule has 186 valence electrons. The predicted octanol–water partition coefficient (Wildman–Crippen LogP) is 1.77. The Morgan fingerprint density at radius 3 is 2.51 bits per heavy atom. The zero-order valence-corrected chi connectivity index (χ0v) is 20.9. The maximum Gasteiger partial charge on any atom is 0.279 e. The summed E-state index contributed by atoms with van der Waals surface area (Å²) >= 11 is 1.38. The van der Waals surface area contributed by atoms with E-state index in [0.29, 0.717) is 10.6 Å². The fraction of sp³-hybridized carbons (Fsp3) is 0.286. The normalized spacial score (nSPS) is 11.9. The van der Waals surface area contributed by atoms with Crippen LogP contribution in [-0.4, -0.2) is 73.7 Å². The van der Waals surface area contributed by atoms with Crippen LogP contribution in [0.3, 0.4) is 0 Å². The first kappa shape index (κ1) is 26.2. The van der Waals surface area contributed by atoms with Gasteiger partial charge >= 0.3 is 0 Å². The van der Waals surface area contributed by atoms with Gasteiger partial charge in [0.25, 0.3) is 5.91 Å². The first-order valence-corrected chi connectivity index (χ1v) is 12.5. The Bertz CT molecular complexity index is 1230. The minimum Gasteiger partial charge on any atom is -0.480 e. The second-order valence-electron chi connectivity index (χ2n) is 6.88. The number of rotatable bonds is 12. The molecule has 1 N–H and O–H groups in total. The van der Waals surface area contributed by atoms with Crippen molar-refractivity contribution in [3.05, 3.63) is 58.8 Å². The SMILES string of the molecule is COCCN(C)S(=O)(=O)c1ccc(/C(=N\OCc2nccs2)C(=O)Nc2cnc(OC)cn2)cc1. The van der Waals surface area contributed by atoms with Gasteiger partial charge in [-0.3, -0.25) is 4.79 Å². The third-order valence-corrected chi connectivity index (χ3v) is 7.19. The molecule has 3 aromatic rings. The van der Waals surface area contributed by atoms with Crippen molar-refractivity contribution in [3.8, 4) is 5.88 Å². The summed E-state index contributed by atoms with van der Waals surface area (Å²) in [4.78, 5) is 30.6. The molecule has 0 radical (unpaired) electrons. The number of hydrogen-bond acceptors (Lipinski definition) is 11. The lowest BCUT2D eigenvalue weighted by Gasteiger charge is -2.17. The van der Waals surface area contributed by atoms with Crippen molar-refractivity contribution in [3.63, 3.8) is 0 Å². The summed E-state index contributed by atoms with van der Waals surface area (Å²) in [6, 6.07) is 5.74. The van der Waals surface area contributed by atoms with Crippen LogP contribution in [0.15, 0.2) is 58.3 Å². The number of sulfonamides is 1. The highest BCUT2D eigenvalue weighted by atomic mass is 32.2. The second kappa shape index (κ2) is 12.3. The van der Waals surface area contributed by atoms with Gasteiger partial charge in [0.05, 0.1) is 31.0 Å². The summed E-state index contributed by atoms with van der Waals surface area (Å²) < 4.78 is 36.6. The minimum atomic E-state index is -3.73. The van der Waals surface area contributed by atoms with E-state index in [4.69, 9.17) is 14.3 Å². The van der Waals surface area contributed by atoms with Crippen LogP contribution in [-0.2, 0) is 31.0 Å². The molecular weight excluding hydrogens is 496 g/mol. The molecule has 2 aromatic heterocycles. The van der Waals surface area contributed by atoms with Crippen molar-refractivity contribution in [2.75, 3.05) is 39.7 Å². The van der Waals surface area contributed by atoms with Gasteiger partial charge in [-0.2, -0.15) is 4.31 Å². The number of carbonyl (C=O) groups excluding carboxylic acids is 1. The fourth-order valence-corrected chi connectivity index (χ4v) is 4.34. The average molecular weight is 521 g/mol. The molecular formula is C21H24N6O6S2. The summed E-state index contributed by atoms with van der Waals surface area (Å²) in [6.07, 6.45) is 4.31. The van der Waals surface area contributed by atoms with Gasteiger partial charge in [-0.25, -0.2) is 23.4 Å². The standard InChI is InChI=1S/C21H24N6O6S2/c1-27(9-10-31-2)35(29,30)16-6-4-15(5-7-16)20(26-33-14-19-22-8-11-34-19)21(28)25-17-12-24-18(32-3)13-23-17/h4-8,11-13H,9-10,14H2,1-3H3,(H,23,25,28)/b26-20+. The highest BCUT2D eigenvalue weighted by Gasteiger charge is 2.22. The average Bonchev–Trinajstić information content (AvgIpc) is 3.39. The van der Waals surface area contributed by atoms with E-state index < -0.39 is 15.9 Å². The van der Waals surface area contributed by atoms with Gasteiger partial charge in [-0.1, -0.05) is 17.3 Å². The molecule has 14 heteroatoms. The highest BCUT2D eigenvalue weighted by Crippen LogP contribution is 2.17. The maximum absolute atomic E-state index is 13.0. The zero-order chi connectivity index (χ0) is 25.3. The molecule has 0 aliphatic heterocycles. The number of hydrogen-bond donors (Lipinski definition) is 1. The van der Waals surface area contributed by atoms with E-state index in [-0.39, 0.29) is 42.1 Å². The lowest BCUT2D eigenvalue weighted by molar-refractivity contribution is -0.110. The number of carbonyl (C=O) groups is 1. The van der Waals surface area contributed by atoms with Crippen LogP contribution in [0, 0.1) is 0 Å². The molecule has 0 atom stereocenters. The van der Waals surface area contributed by atoms with Crippen molar-refractivity contribution in [1.29, 1.82) is 0 Å². The quantitative estimate of drug-likeness (QED) is 0.279. The van der Waals surface area contributed by atoms with Gasteiger partial charge in [0, 0.05) is 37.8 Å². The van der Waals surface area contributed by atoms with Crippen LogP contribution in [0.1, 0.15) is 10.6 Å². The first-order valence-electron chi connectivity index (χ1n) is 10.2. The highest BCUT2D eigenvalue weighted by molar-refractivity contribution is 7.89. The molecule has 0 unspecified atom stereocenters. The van der Waals surface area contributed by atoms with Gasteiger partial charge in [-0.05, 0) is 12.1 Å². The van der Waals surface area contributed by atoms with Crippen LogP contribution in [0.25, 0.3) is 0 Å². The molecule has 0 fully saturated rings. The zero-order valence-electron chi connectivity index (χ0n) is 19.2. The van der Waals surface area contributed by atoms with Crippen LogP contribution in [0.5, 0.6) is 5.88 Å². The van der Waals surface area contributed by atoms with Crippen molar-refractivity contribution in [2.45, 2.75) is 11.5 Å². The largest absolute Gasteiger partial charge is 0.480 e. The van der Waals surface area contributed by atoms with Crippen molar-refractivity contribution in [2.24, 2.45) is 5.16 Å². The fourth-order valence-electron chi connectivity index (χ4n) is 2.67. The Balaban J connectivity index is 1.83. The number of benzene rings is 1. The molecule has 0 saturated heterocycles. The number of aromatic nitrogens is 3. The summed E-state index contributed by atoms with van der Waals surface area (Å²) in [7, 11) is 0.678. The van der Waals surface area contributed by atoms with E-state index >= 15 is 0 Å². The van der Waals surface area contributed by atoms with E-state index in [1.165, 1.54) is 73.6 Å². The third kappa shape index (κ3) is 7.02. The van der Waals surface area contributed by atoms with Crippen LogP contribution < -0.4 is 10.1 Å². The number of ether oxygens (including phenoxy) is 2. The van der Waals surface area contributed by atoms with Crippen molar-refractivity contribution in [1.82, 2.24) is 19.3 Å². The van der Waals surface area contributed by atoms with Gasteiger partial charge in [0.15, 0.2) is 18.1 Å². The summed E-state index contributed by atoms with van der Waals surface area (Å²) in [5, 5.41) is 9.05. The Kier molecular flexibility index (Phi) is 9.19. The molecule has 0 aliphatic rings. The van der Waals surface area contributed by atoms with Crippen LogP contribution >= 0.6 is 11.3 Å². The summed E-state index contributed by atoms with van der Waals surface area (Å²) in [5.41, 5.74) is 0.248. The number of oxime groups is 1. The summed E-state index contributed by atoms with van der Waals surface area (Å²) in [6.45, 7) is 0.520. The molecule has 12 nitrogen and oxygen atoms in total. The molecule has 0 aliphatic carbocycles. The van der Waals surface area contributed by atoms with Gasteiger partial charge in [0.1, 0.15) is 5.01 Å². The number of methoxy groups -OCH3 is 2. The molecule has 0 spiro atoms. The van der Waals surface area contributed by atoms with Gasteiger partial charge in [-0.15, -0.1) is 11.3 Å². The minimum absolute atomic E-state index is 0.0596. The lowest BCUT2D eigenvalue weighted by Crippen LogP contribution is -2.30. The number of nitrogens with zero attached hydrogens (tertiary/aromatic N) is 5. The Morgan fingerprint density at radius 2 is 1.91 bits per heavy atom. The number of amides is 1. The smallest absolute Gasteiger partial charge is 0.279 e. The molecule has 0 bridgehead atoms. The monoisotopic (exact) mass is 520 g/mol. The van der Waals surface area contributed by atoms with E-state index in [2.05, 4.69) is 25.4 Å².